The Balaban J connectivity index is 1.94. The van der Waals surface area contributed by atoms with Gasteiger partial charge in [0.25, 0.3) is 5.56 Å². The van der Waals surface area contributed by atoms with E-state index in [1.165, 1.54) is 23.8 Å². The minimum Gasteiger partial charge on any atom is -0.500 e. The number of benzene rings is 2. The van der Waals surface area contributed by atoms with Crippen LogP contribution in [0.15, 0.2) is 57.5 Å². The lowest BCUT2D eigenvalue weighted by Crippen LogP contribution is -2.39. The van der Waals surface area contributed by atoms with Crippen LogP contribution < -0.4 is 24.4 Å². The highest BCUT2D eigenvalue weighted by Gasteiger charge is 2.33. The van der Waals surface area contributed by atoms with Gasteiger partial charge in [-0.25, -0.2) is 9.79 Å². The molecule has 2 aromatic carbocycles. The van der Waals surface area contributed by atoms with Gasteiger partial charge >= 0.3 is 11.7 Å². The minimum atomic E-state index is -0.813. The van der Waals surface area contributed by atoms with Gasteiger partial charge < -0.3 is 19.3 Å². The number of nitro benzene ring substituents is 1. The lowest BCUT2D eigenvalue weighted by molar-refractivity contribution is -0.386. The highest BCUT2D eigenvalue weighted by atomic mass is 32.1. The van der Waals surface area contributed by atoms with Gasteiger partial charge in [0.2, 0.25) is 5.75 Å². The Kier molecular flexibility index (Phi) is 7.62. The van der Waals surface area contributed by atoms with E-state index in [4.69, 9.17) is 14.2 Å². The molecule has 0 saturated heterocycles. The summed E-state index contributed by atoms with van der Waals surface area (Å²) >= 11 is 1.07. The van der Waals surface area contributed by atoms with Crippen molar-refractivity contribution in [3.63, 3.8) is 0 Å². The molecule has 0 amide bonds. The van der Waals surface area contributed by atoms with E-state index in [2.05, 4.69) is 4.99 Å². The summed E-state index contributed by atoms with van der Waals surface area (Å²) in [5.74, 6) is -0.655. The monoisotopic (exact) mass is 539 g/mol. The first kappa shape index (κ1) is 26.6. The van der Waals surface area contributed by atoms with Crippen LogP contribution in [0.25, 0.3) is 6.08 Å². The predicted molar refractivity (Wildman–Crippen MR) is 139 cm³/mol. The first-order chi connectivity index (χ1) is 18.2. The summed E-state index contributed by atoms with van der Waals surface area (Å²) in [5.41, 5.74) is 0.567. The Morgan fingerprint density at radius 2 is 1.95 bits per heavy atom. The van der Waals surface area contributed by atoms with Gasteiger partial charge in [0.05, 0.1) is 47.1 Å². The average molecular weight is 540 g/mol. The molecule has 1 aliphatic rings. The smallest absolute Gasteiger partial charge is 0.338 e. The van der Waals surface area contributed by atoms with Crippen molar-refractivity contribution >= 4 is 29.1 Å². The number of hydrogen-bond acceptors (Lipinski definition) is 10. The number of esters is 1. The van der Waals surface area contributed by atoms with E-state index in [9.17, 15) is 24.8 Å². The summed E-state index contributed by atoms with van der Waals surface area (Å²) in [6.45, 7) is 5.88. The molecule has 0 spiro atoms. The maximum atomic E-state index is 13.7. The van der Waals surface area contributed by atoms with E-state index in [0.29, 0.717) is 28.4 Å². The van der Waals surface area contributed by atoms with Crippen LogP contribution in [0.1, 0.15) is 37.9 Å². The molecule has 1 N–H and O–H groups in total. The van der Waals surface area contributed by atoms with Crippen molar-refractivity contribution in [2.45, 2.75) is 26.8 Å². The van der Waals surface area contributed by atoms with Crippen LogP contribution in [0.4, 0.5) is 5.69 Å². The van der Waals surface area contributed by atoms with Crippen molar-refractivity contribution in [3.05, 3.63) is 88.6 Å². The molecule has 0 unspecified atom stereocenters. The zero-order chi connectivity index (χ0) is 27.6. The van der Waals surface area contributed by atoms with Gasteiger partial charge in [-0.05, 0) is 56.2 Å². The maximum Gasteiger partial charge on any atom is 0.338 e. The van der Waals surface area contributed by atoms with Crippen molar-refractivity contribution in [2.24, 2.45) is 4.99 Å². The second kappa shape index (κ2) is 10.9. The van der Waals surface area contributed by atoms with Gasteiger partial charge in [0.15, 0.2) is 10.6 Å². The van der Waals surface area contributed by atoms with Crippen LogP contribution in [-0.4, -0.2) is 40.9 Å². The highest BCUT2D eigenvalue weighted by molar-refractivity contribution is 7.07. The molecule has 1 aromatic heterocycles. The Hall–Kier alpha value is -4.45. The van der Waals surface area contributed by atoms with Crippen LogP contribution in [-0.2, 0) is 9.53 Å². The summed E-state index contributed by atoms with van der Waals surface area (Å²) in [7, 11) is 1.27. The Morgan fingerprint density at radius 1 is 1.24 bits per heavy atom. The Labute approximate surface area is 220 Å². The number of nitro groups is 1. The number of allylic oxidation sites excluding steroid dienone is 1. The lowest BCUT2D eigenvalue weighted by atomic mass is 9.96. The van der Waals surface area contributed by atoms with E-state index >= 15 is 0 Å². The lowest BCUT2D eigenvalue weighted by Gasteiger charge is -2.24. The third kappa shape index (κ3) is 4.90. The number of ether oxygens (including phenoxy) is 3. The number of rotatable bonds is 8. The van der Waals surface area contributed by atoms with E-state index in [-0.39, 0.29) is 28.0 Å². The highest BCUT2D eigenvalue weighted by Crippen LogP contribution is 2.37. The van der Waals surface area contributed by atoms with Gasteiger partial charge in [-0.1, -0.05) is 23.5 Å². The molecule has 1 atom stereocenters. The van der Waals surface area contributed by atoms with Gasteiger partial charge in [-0.2, -0.15) is 0 Å². The second-order valence-electron chi connectivity index (χ2n) is 8.15. The summed E-state index contributed by atoms with van der Waals surface area (Å²) in [6.07, 6.45) is 1.46. The number of carbonyl (C=O) groups is 1. The van der Waals surface area contributed by atoms with Gasteiger partial charge in [0.1, 0.15) is 5.75 Å². The molecule has 0 fully saturated rings. The fourth-order valence-electron chi connectivity index (χ4n) is 4.16. The molecule has 2 heterocycles. The summed E-state index contributed by atoms with van der Waals surface area (Å²) in [6, 6.07) is 8.79. The molecule has 3 aromatic rings. The summed E-state index contributed by atoms with van der Waals surface area (Å²) < 4.78 is 17.5. The number of thiazole rings is 1. The normalized spacial score (nSPS) is 15.1. The molecule has 38 heavy (non-hydrogen) atoms. The number of aromatic nitrogens is 1. The van der Waals surface area contributed by atoms with Crippen LogP contribution in [0.5, 0.6) is 17.2 Å². The quantitative estimate of drug-likeness (QED) is 0.262. The van der Waals surface area contributed by atoms with Crippen LogP contribution in [0.3, 0.4) is 0 Å². The average Bonchev–Trinajstić information content (AvgIpc) is 3.18. The zero-order valence-electron chi connectivity index (χ0n) is 21.1. The van der Waals surface area contributed by atoms with Crippen molar-refractivity contribution in [1.82, 2.24) is 4.57 Å². The van der Waals surface area contributed by atoms with Crippen LogP contribution in [0, 0.1) is 10.1 Å². The Morgan fingerprint density at radius 3 is 2.55 bits per heavy atom. The maximum absolute atomic E-state index is 13.7. The topological polar surface area (TPSA) is 142 Å². The molecule has 4 rings (SSSR count). The number of methoxy groups -OCH3 is 1. The second-order valence-corrected chi connectivity index (χ2v) is 9.16. The van der Waals surface area contributed by atoms with Crippen molar-refractivity contribution in [2.75, 3.05) is 20.3 Å². The summed E-state index contributed by atoms with van der Waals surface area (Å²) in [5, 5.41) is 21.5. The number of nitrogens with zero attached hydrogens (tertiary/aromatic N) is 3. The van der Waals surface area contributed by atoms with Gasteiger partial charge in [-0.15, -0.1) is 0 Å². The van der Waals surface area contributed by atoms with Crippen molar-refractivity contribution in [3.8, 4) is 17.2 Å². The van der Waals surface area contributed by atoms with Crippen LogP contribution >= 0.6 is 11.3 Å². The van der Waals surface area contributed by atoms with Gasteiger partial charge in [-0.3, -0.25) is 19.5 Å². The third-order valence-electron chi connectivity index (χ3n) is 5.82. The molecule has 0 bridgehead atoms. The molecule has 11 nitrogen and oxygen atoms in total. The van der Waals surface area contributed by atoms with E-state index in [1.807, 2.05) is 6.92 Å². The SMILES string of the molecule is CCOC(=O)C1=C(C)N=c2s/c(=C\c3cc(OC)c(O)c([N+](=O)[O-])c3)c(=O)n2[C@@H]1c1ccc(OCC)cc1. The molecule has 0 radical (unpaired) electrons. The Bertz CT molecular complexity index is 1620. The number of carbonyl (C=O) groups excluding carboxylic acids is 1. The number of phenols is 1. The van der Waals surface area contributed by atoms with Crippen LogP contribution in [0.2, 0.25) is 0 Å². The number of fused-ring (bicyclic) bond motifs is 1. The molecular weight excluding hydrogens is 514 g/mol. The molecule has 12 heteroatoms. The first-order valence-electron chi connectivity index (χ1n) is 11.7. The molecule has 1 aliphatic heterocycles. The van der Waals surface area contributed by atoms with E-state index in [1.54, 1.807) is 38.1 Å². The predicted octanol–water partition coefficient (Wildman–Crippen LogP) is 2.82. The molecule has 0 aliphatic carbocycles. The number of hydrogen-bond donors (Lipinski definition) is 1. The fraction of sp³-hybridized carbons (Fsp3) is 0.269. The third-order valence-corrected chi connectivity index (χ3v) is 6.80. The standard InChI is InChI=1S/C26H25N3O8S/c1-5-36-17-9-7-16(8-10-17)22-21(25(32)37-6-2)14(3)27-26-28(22)24(31)20(38-26)13-15-11-18(29(33)34)23(30)19(12-15)35-4/h7-13,22,30H,5-6H2,1-4H3/b20-13-/t22-/m1/s1. The number of phenolic OH excluding ortho intramolecular Hbond substituents is 1. The largest absolute Gasteiger partial charge is 0.500 e. The zero-order valence-corrected chi connectivity index (χ0v) is 21.9. The minimum absolute atomic E-state index is 0.106. The molecule has 0 saturated carbocycles. The summed E-state index contributed by atoms with van der Waals surface area (Å²) in [4.78, 5) is 42.3. The van der Waals surface area contributed by atoms with Crippen molar-refractivity contribution in [1.29, 1.82) is 0 Å². The fourth-order valence-corrected chi connectivity index (χ4v) is 5.21. The number of aromatic hydroxyl groups is 1. The van der Waals surface area contributed by atoms with E-state index in [0.717, 1.165) is 17.4 Å². The molecule has 198 valence electrons. The first-order valence-corrected chi connectivity index (χ1v) is 12.5. The van der Waals surface area contributed by atoms with Crippen molar-refractivity contribution < 1.29 is 29.0 Å². The van der Waals surface area contributed by atoms with Gasteiger partial charge in [0, 0.05) is 6.07 Å². The van der Waals surface area contributed by atoms with E-state index < -0.39 is 33.9 Å². The molecular formula is C26H25N3O8S.